The van der Waals surface area contributed by atoms with Gasteiger partial charge in [-0.25, -0.2) is 9.18 Å². The number of hydrogen-bond donors (Lipinski definition) is 2. The Hall–Kier alpha value is -1.95. The molecule has 2 N–H and O–H groups in total. The van der Waals surface area contributed by atoms with Gasteiger partial charge in [-0.15, -0.1) is 0 Å². The third-order valence-electron chi connectivity index (χ3n) is 2.93. The zero-order valence-electron chi connectivity index (χ0n) is 10.2. The predicted molar refractivity (Wildman–Crippen MR) is 65.6 cm³/mol. The molecule has 1 heterocycles. The first-order valence-electron chi connectivity index (χ1n) is 6.00. The minimum absolute atomic E-state index is 0.0204. The molecule has 1 aromatic rings. The molecule has 1 aliphatic heterocycles. The van der Waals surface area contributed by atoms with Gasteiger partial charge < -0.3 is 15.2 Å². The van der Waals surface area contributed by atoms with Crippen LogP contribution in [0.2, 0.25) is 0 Å². The molecule has 6 heteroatoms. The first-order chi connectivity index (χ1) is 9.06. The van der Waals surface area contributed by atoms with Crippen LogP contribution in [0.1, 0.15) is 29.6 Å². The van der Waals surface area contributed by atoms with Crippen molar-refractivity contribution in [2.75, 3.05) is 11.9 Å². The van der Waals surface area contributed by atoms with Crippen LogP contribution in [0, 0.1) is 5.82 Å². The van der Waals surface area contributed by atoms with Crippen LogP contribution in [0.3, 0.4) is 0 Å². The van der Waals surface area contributed by atoms with Crippen LogP contribution in [0.4, 0.5) is 10.1 Å². The highest BCUT2D eigenvalue weighted by Crippen LogP contribution is 2.19. The Morgan fingerprint density at radius 3 is 2.84 bits per heavy atom. The number of carboxylic acid groups (broad SMARTS) is 1. The second-order valence-corrected chi connectivity index (χ2v) is 4.39. The summed E-state index contributed by atoms with van der Waals surface area (Å²) in [7, 11) is 0. The molecular weight excluding hydrogens is 253 g/mol. The quantitative estimate of drug-likeness (QED) is 0.875. The zero-order chi connectivity index (χ0) is 13.8. The molecule has 5 nitrogen and oxygen atoms in total. The molecule has 1 fully saturated rings. The fourth-order valence-corrected chi connectivity index (χ4v) is 1.96. The number of aromatic carboxylic acids is 1. The molecule has 19 heavy (non-hydrogen) atoms. The fourth-order valence-electron chi connectivity index (χ4n) is 1.96. The average Bonchev–Trinajstić information content (AvgIpc) is 2.84. The number of carboxylic acids is 1. The number of amides is 1. The standard InChI is InChI=1S/C13H14FNO4/c14-10-6-8(13(17)18)3-4-11(10)15-12(16)7-9-2-1-5-19-9/h3-4,6,9H,1-2,5,7H2,(H,15,16)(H,17,18). The van der Waals surface area contributed by atoms with Gasteiger partial charge in [0.1, 0.15) is 5.82 Å². The molecular formula is C13H14FNO4. The molecule has 2 rings (SSSR count). The van der Waals surface area contributed by atoms with Crippen molar-refractivity contribution in [2.24, 2.45) is 0 Å². The van der Waals surface area contributed by atoms with Crippen LogP contribution in [0.25, 0.3) is 0 Å². The first kappa shape index (κ1) is 13.5. The van der Waals surface area contributed by atoms with Gasteiger partial charge in [-0.2, -0.15) is 0 Å². The van der Waals surface area contributed by atoms with Gasteiger partial charge in [-0.1, -0.05) is 0 Å². The lowest BCUT2D eigenvalue weighted by Gasteiger charge is -2.10. The van der Waals surface area contributed by atoms with E-state index in [1.165, 1.54) is 12.1 Å². The van der Waals surface area contributed by atoms with Gasteiger partial charge in [0, 0.05) is 6.61 Å². The highest BCUT2D eigenvalue weighted by atomic mass is 19.1. The molecule has 102 valence electrons. The molecule has 1 atom stereocenters. The summed E-state index contributed by atoms with van der Waals surface area (Å²) < 4.78 is 18.9. The van der Waals surface area contributed by atoms with E-state index in [0.29, 0.717) is 6.61 Å². The largest absolute Gasteiger partial charge is 0.478 e. The van der Waals surface area contributed by atoms with Gasteiger partial charge in [-0.3, -0.25) is 4.79 Å². The Labute approximate surface area is 109 Å². The Morgan fingerprint density at radius 2 is 2.26 bits per heavy atom. The Kier molecular flexibility index (Phi) is 4.11. The van der Waals surface area contributed by atoms with E-state index < -0.39 is 11.8 Å². The van der Waals surface area contributed by atoms with E-state index in [-0.39, 0.29) is 29.7 Å². The average molecular weight is 267 g/mol. The molecule has 0 radical (unpaired) electrons. The number of carbonyl (C=O) groups is 2. The Bertz CT molecular complexity index is 497. The maximum atomic E-state index is 13.6. The van der Waals surface area contributed by atoms with Crippen molar-refractivity contribution in [2.45, 2.75) is 25.4 Å². The second kappa shape index (κ2) is 5.79. The number of ether oxygens (including phenoxy) is 1. The van der Waals surface area contributed by atoms with Gasteiger partial charge in [0.2, 0.25) is 5.91 Å². The molecule has 0 aliphatic carbocycles. The lowest BCUT2D eigenvalue weighted by atomic mass is 10.1. The normalized spacial score (nSPS) is 18.3. The number of halogens is 1. The maximum absolute atomic E-state index is 13.6. The van der Waals surface area contributed by atoms with Crippen LogP contribution < -0.4 is 5.32 Å². The van der Waals surface area contributed by atoms with E-state index in [2.05, 4.69) is 5.32 Å². The molecule has 1 unspecified atom stereocenters. The summed E-state index contributed by atoms with van der Waals surface area (Å²) in [6.07, 6.45) is 1.83. The van der Waals surface area contributed by atoms with Gasteiger partial charge in [0.25, 0.3) is 0 Å². The second-order valence-electron chi connectivity index (χ2n) is 4.39. The fraction of sp³-hybridized carbons (Fsp3) is 0.385. The number of nitrogens with one attached hydrogen (secondary N) is 1. The number of benzene rings is 1. The van der Waals surface area contributed by atoms with Gasteiger partial charge in [0.05, 0.1) is 23.8 Å². The molecule has 0 bridgehead atoms. The summed E-state index contributed by atoms with van der Waals surface area (Å²) >= 11 is 0. The maximum Gasteiger partial charge on any atom is 0.335 e. The van der Waals surface area contributed by atoms with E-state index >= 15 is 0 Å². The highest BCUT2D eigenvalue weighted by molar-refractivity contribution is 5.92. The Balaban J connectivity index is 1.98. The smallest absolute Gasteiger partial charge is 0.335 e. The van der Waals surface area contributed by atoms with Crippen LogP contribution in [0.15, 0.2) is 18.2 Å². The van der Waals surface area contributed by atoms with Gasteiger partial charge >= 0.3 is 5.97 Å². The number of hydrogen-bond acceptors (Lipinski definition) is 3. The number of anilines is 1. The van der Waals surface area contributed by atoms with Crippen molar-refractivity contribution in [3.63, 3.8) is 0 Å². The molecule has 1 saturated heterocycles. The monoisotopic (exact) mass is 267 g/mol. The van der Waals surface area contributed by atoms with Crippen molar-refractivity contribution in [3.8, 4) is 0 Å². The summed E-state index contributed by atoms with van der Waals surface area (Å²) in [5, 5.41) is 11.1. The number of carbonyl (C=O) groups excluding carboxylic acids is 1. The summed E-state index contributed by atoms with van der Waals surface area (Å²) in [5.74, 6) is -2.31. The summed E-state index contributed by atoms with van der Waals surface area (Å²) in [6, 6.07) is 3.36. The summed E-state index contributed by atoms with van der Waals surface area (Å²) in [5.41, 5.74) is -0.178. The van der Waals surface area contributed by atoms with Gasteiger partial charge in [-0.05, 0) is 31.0 Å². The van der Waals surface area contributed by atoms with Crippen molar-refractivity contribution < 1.29 is 23.8 Å². The predicted octanol–water partition coefficient (Wildman–Crippen LogP) is 2.03. The zero-order valence-corrected chi connectivity index (χ0v) is 10.2. The lowest BCUT2D eigenvalue weighted by Crippen LogP contribution is -2.19. The first-order valence-corrected chi connectivity index (χ1v) is 6.00. The molecule has 0 aromatic heterocycles. The molecule has 0 saturated carbocycles. The van der Waals surface area contributed by atoms with E-state index in [1.807, 2.05) is 0 Å². The summed E-state index contributed by atoms with van der Waals surface area (Å²) in [6.45, 7) is 0.652. The SMILES string of the molecule is O=C(CC1CCCO1)Nc1ccc(C(=O)O)cc1F. The molecule has 1 amide bonds. The van der Waals surface area contributed by atoms with Crippen LogP contribution in [0.5, 0.6) is 0 Å². The minimum Gasteiger partial charge on any atom is -0.478 e. The summed E-state index contributed by atoms with van der Waals surface area (Å²) in [4.78, 5) is 22.3. The van der Waals surface area contributed by atoms with Crippen molar-refractivity contribution in [3.05, 3.63) is 29.6 Å². The molecule has 0 spiro atoms. The Morgan fingerprint density at radius 1 is 1.47 bits per heavy atom. The van der Waals surface area contributed by atoms with Crippen LogP contribution >= 0.6 is 0 Å². The van der Waals surface area contributed by atoms with Crippen molar-refractivity contribution >= 4 is 17.6 Å². The molecule has 1 aromatic carbocycles. The third kappa shape index (κ3) is 3.51. The third-order valence-corrected chi connectivity index (χ3v) is 2.93. The minimum atomic E-state index is -1.21. The number of rotatable bonds is 4. The van der Waals surface area contributed by atoms with Crippen molar-refractivity contribution in [1.29, 1.82) is 0 Å². The topological polar surface area (TPSA) is 75.6 Å². The highest BCUT2D eigenvalue weighted by Gasteiger charge is 2.19. The van der Waals surface area contributed by atoms with E-state index in [0.717, 1.165) is 18.9 Å². The van der Waals surface area contributed by atoms with E-state index in [4.69, 9.17) is 9.84 Å². The van der Waals surface area contributed by atoms with Gasteiger partial charge in [0.15, 0.2) is 0 Å². The van der Waals surface area contributed by atoms with Crippen LogP contribution in [-0.4, -0.2) is 29.7 Å². The lowest BCUT2D eigenvalue weighted by molar-refractivity contribution is -0.118. The van der Waals surface area contributed by atoms with E-state index in [9.17, 15) is 14.0 Å². The van der Waals surface area contributed by atoms with E-state index in [1.54, 1.807) is 0 Å². The van der Waals surface area contributed by atoms with Crippen molar-refractivity contribution in [1.82, 2.24) is 0 Å². The van der Waals surface area contributed by atoms with Crippen LogP contribution in [-0.2, 0) is 9.53 Å². The molecule has 1 aliphatic rings.